The highest BCUT2D eigenvalue weighted by molar-refractivity contribution is 5.93. The van der Waals surface area contributed by atoms with Crippen LogP contribution in [0.4, 0.5) is 0 Å². The summed E-state index contributed by atoms with van der Waals surface area (Å²) in [5.41, 5.74) is 0.962. The molecule has 0 saturated carbocycles. The maximum atomic E-state index is 12.6. The second-order valence-electron chi connectivity index (χ2n) is 6.42. The molecule has 26 heavy (non-hydrogen) atoms. The number of likely N-dealkylation sites (tertiary alicyclic amines) is 1. The van der Waals surface area contributed by atoms with Crippen molar-refractivity contribution in [3.05, 3.63) is 58.7 Å². The fraction of sp³-hybridized carbons (Fsp3) is 0.316. The van der Waals surface area contributed by atoms with Crippen LogP contribution in [0.1, 0.15) is 23.3 Å². The minimum atomic E-state index is -0.573. The van der Waals surface area contributed by atoms with Crippen LogP contribution in [0.15, 0.2) is 51.7 Å². The van der Waals surface area contributed by atoms with Crippen LogP contribution in [-0.4, -0.2) is 40.5 Å². The molecule has 0 unspecified atom stereocenters. The van der Waals surface area contributed by atoms with Crippen molar-refractivity contribution in [3.63, 3.8) is 0 Å². The number of H-pyrrole nitrogens is 1. The lowest BCUT2D eigenvalue weighted by atomic mass is 9.97. The maximum absolute atomic E-state index is 12.6. The number of rotatable bonds is 4. The zero-order chi connectivity index (χ0) is 17.9. The molecule has 134 valence electrons. The number of fused-ring (bicyclic) bond motifs is 1. The highest BCUT2D eigenvalue weighted by atomic mass is 16.5. The average molecular weight is 353 g/mol. The molecule has 0 bridgehead atoms. The topological polar surface area (TPSA) is 88.4 Å². The Morgan fingerprint density at radius 2 is 1.96 bits per heavy atom. The molecular weight excluding hydrogens is 334 g/mol. The monoisotopic (exact) mass is 353 g/mol. The molecule has 1 N–H and O–H groups in total. The van der Waals surface area contributed by atoms with Gasteiger partial charge >= 0.3 is 5.76 Å². The number of carbonyl (C=O) groups is 1. The van der Waals surface area contributed by atoms with Crippen molar-refractivity contribution in [2.24, 2.45) is 5.92 Å². The predicted octanol–water partition coefficient (Wildman–Crippen LogP) is 2.45. The van der Waals surface area contributed by atoms with Gasteiger partial charge in [-0.1, -0.05) is 18.2 Å². The molecule has 2 aromatic heterocycles. The van der Waals surface area contributed by atoms with E-state index in [4.69, 9.17) is 9.15 Å². The molecule has 1 aliphatic heterocycles. The molecule has 0 radical (unpaired) electrons. The number of pyridine rings is 1. The zero-order valence-corrected chi connectivity index (χ0v) is 14.2. The number of aromatic amines is 1. The predicted molar refractivity (Wildman–Crippen MR) is 95.2 cm³/mol. The Kier molecular flexibility index (Phi) is 4.43. The first-order valence-electron chi connectivity index (χ1n) is 8.66. The third-order valence-electron chi connectivity index (χ3n) is 4.63. The van der Waals surface area contributed by atoms with Gasteiger partial charge in [0.1, 0.15) is 11.4 Å². The van der Waals surface area contributed by atoms with E-state index in [1.54, 1.807) is 17.0 Å². The lowest BCUT2D eigenvalue weighted by Gasteiger charge is -2.31. The number of hydrogen-bond acceptors (Lipinski definition) is 5. The molecule has 1 amide bonds. The van der Waals surface area contributed by atoms with Gasteiger partial charge < -0.3 is 14.1 Å². The minimum Gasteiger partial charge on any atom is -0.493 e. The highest BCUT2D eigenvalue weighted by Gasteiger charge is 2.25. The van der Waals surface area contributed by atoms with Gasteiger partial charge in [-0.05, 0) is 43.0 Å². The lowest BCUT2D eigenvalue weighted by Crippen LogP contribution is -2.40. The molecule has 7 heteroatoms. The number of para-hydroxylation sites is 1. The summed E-state index contributed by atoms with van der Waals surface area (Å²) in [6, 6.07) is 12.9. The molecule has 7 nitrogen and oxygen atoms in total. The summed E-state index contributed by atoms with van der Waals surface area (Å²) >= 11 is 0. The largest absolute Gasteiger partial charge is 0.493 e. The second-order valence-corrected chi connectivity index (χ2v) is 6.42. The average Bonchev–Trinajstić information content (AvgIpc) is 3.06. The Morgan fingerprint density at radius 1 is 1.19 bits per heavy atom. The van der Waals surface area contributed by atoms with Gasteiger partial charge in [0.15, 0.2) is 11.2 Å². The Balaban J connectivity index is 1.34. The Morgan fingerprint density at radius 3 is 2.73 bits per heavy atom. The molecule has 3 aromatic rings. The van der Waals surface area contributed by atoms with Gasteiger partial charge in [0.2, 0.25) is 0 Å². The fourth-order valence-corrected chi connectivity index (χ4v) is 3.15. The highest BCUT2D eigenvalue weighted by Crippen LogP contribution is 2.21. The first kappa shape index (κ1) is 16.4. The van der Waals surface area contributed by atoms with Crippen LogP contribution in [0, 0.1) is 5.92 Å². The van der Waals surface area contributed by atoms with Crippen LogP contribution in [0.3, 0.4) is 0 Å². The molecule has 0 aliphatic carbocycles. The van der Waals surface area contributed by atoms with E-state index in [1.165, 1.54) is 0 Å². The lowest BCUT2D eigenvalue weighted by molar-refractivity contribution is 0.0655. The maximum Gasteiger partial charge on any atom is 0.418 e. The SMILES string of the molecule is O=C(c1ccc2oc(=O)[nH]c2n1)N1CCC(COc2ccccc2)CC1. The van der Waals surface area contributed by atoms with Crippen molar-refractivity contribution < 1.29 is 13.9 Å². The quantitative estimate of drug-likeness (QED) is 0.778. The van der Waals surface area contributed by atoms with Crippen LogP contribution < -0.4 is 10.5 Å². The molecule has 0 spiro atoms. The summed E-state index contributed by atoms with van der Waals surface area (Å²) in [7, 11) is 0. The van der Waals surface area contributed by atoms with E-state index in [-0.39, 0.29) is 5.91 Å². The molecule has 3 heterocycles. The van der Waals surface area contributed by atoms with Crippen molar-refractivity contribution >= 4 is 17.1 Å². The first-order valence-corrected chi connectivity index (χ1v) is 8.66. The van der Waals surface area contributed by atoms with Crippen molar-refractivity contribution in [2.45, 2.75) is 12.8 Å². The molecule has 1 aliphatic rings. The molecular formula is C19H19N3O4. The summed E-state index contributed by atoms with van der Waals surface area (Å²) in [6.45, 7) is 2.00. The van der Waals surface area contributed by atoms with Gasteiger partial charge in [0.05, 0.1) is 6.61 Å². The van der Waals surface area contributed by atoms with Crippen molar-refractivity contribution in [2.75, 3.05) is 19.7 Å². The molecule has 1 saturated heterocycles. The number of aromatic nitrogens is 2. The summed E-state index contributed by atoms with van der Waals surface area (Å²) in [4.78, 5) is 32.3. The Labute approximate surface area is 149 Å². The summed E-state index contributed by atoms with van der Waals surface area (Å²) < 4.78 is 10.7. The van der Waals surface area contributed by atoms with Gasteiger partial charge in [-0.15, -0.1) is 0 Å². The number of hydrogen-bond donors (Lipinski definition) is 1. The van der Waals surface area contributed by atoms with Gasteiger partial charge in [-0.3, -0.25) is 9.78 Å². The van der Waals surface area contributed by atoms with E-state index in [0.29, 0.717) is 42.5 Å². The van der Waals surface area contributed by atoms with Gasteiger partial charge in [-0.2, -0.15) is 0 Å². The number of benzene rings is 1. The van der Waals surface area contributed by atoms with Crippen LogP contribution in [0.2, 0.25) is 0 Å². The third-order valence-corrected chi connectivity index (χ3v) is 4.63. The zero-order valence-electron chi connectivity index (χ0n) is 14.2. The number of nitrogens with one attached hydrogen (secondary N) is 1. The number of piperidine rings is 1. The minimum absolute atomic E-state index is 0.128. The van der Waals surface area contributed by atoms with Crippen LogP contribution in [-0.2, 0) is 0 Å². The standard InChI is InChI=1S/C19H19N3O4/c23-18(15-6-7-16-17(20-15)21-19(24)26-16)22-10-8-13(9-11-22)12-25-14-4-2-1-3-5-14/h1-7,13H,8-12H2,(H,20,21,24). The van der Waals surface area contributed by atoms with E-state index in [1.807, 2.05) is 30.3 Å². The number of amides is 1. The summed E-state index contributed by atoms with van der Waals surface area (Å²) in [6.07, 6.45) is 1.78. The van der Waals surface area contributed by atoms with Crippen LogP contribution in [0.25, 0.3) is 11.2 Å². The van der Waals surface area contributed by atoms with E-state index in [2.05, 4.69) is 9.97 Å². The smallest absolute Gasteiger partial charge is 0.418 e. The van der Waals surface area contributed by atoms with E-state index in [9.17, 15) is 9.59 Å². The summed E-state index contributed by atoms with van der Waals surface area (Å²) in [5, 5.41) is 0. The number of carbonyl (C=O) groups excluding carboxylic acids is 1. The van der Waals surface area contributed by atoms with Gasteiger partial charge in [0, 0.05) is 13.1 Å². The van der Waals surface area contributed by atoms with Crippen molar-refractivity contribution in [3.8, 4) is 5.75 Å². The number of oxazole rings is 1. The van der Waals surface area contributed by atoms with Crippen molar-refractivity contribution in [1.82, 2.24) is 14.9 Å². The van der Waals surface area contributed by atoms with Gasteiger partial charge in [0.25, 0.3) is 5.91 Å². The number of nitrogens with zero attached hydrogens (tertiary/aromatic N) is 2. The van der Waals surface area contributed by atoms with Crippen LogP contribution >= 0.6 is 0 Å². The van der Waals surface area contributed by atoms with Crippen LogP contribution in [0.5, 0.6) is 5.75 Å². The molecule has 0 atom stereocenters. The van der Waals surface area contributed by atoms with Gasteiger partial charge in [-0.25, -0.2) is 9.78 Å². The number of ether oxygens (including phenoxy) is 1. The van der Waals surface area contributed by atoms with E-state index >= 15 is 0 Å². The molecule has 4 rings (SSSR count). The second kappa shape index (κ2) is 7.03. The fourth-order valence-electron chi connectivity index (χ4n) is 3.15. The Bertz CT molecular complexity index is 956. The molecule has 1 fully saturated rings. The normalized spacial score (nSPS) is 15.3. The third kappa shape index (κ3) is 3.46. The van der Waals surface area contributed by atoms with E-state index < -0.39 is 5.76 Å². The first-order chi connectivity index (χ1) is 12.7. The van der Waals surface area contributed by atoms with Crippen molar-refractivity contribution in [1.29, 1.82) is 0 Å². The Hall–Kier alpha value is -3.09. The van der Waals surface area contributed by atoms with E-state index in [0.717, 1.165) is 18.6 Å². The molecule has 1 aromatic carbocycles. The summed E-state index contributed by atoms with van der Waals surface area (Å²) in [5.74, 6) is 0.602.